The highest BCUT2D eigenvalue weighted by atomic mass is 79.9. The van der Waals surface area contributed by atoms with Crippen LogP contribution in [0.25, 0.3) is 0 Å². The Hall–Kier alpha value is -2.94. The molecule has 0 saturated carbocycles. The monoisotopic (exact) mass is 433 g/mol. The van der Waals surface area contributed by atoms with E-state index >= 15 is 0 Å². The van der Waals surface area contributed by atoms with Crippen LogP contribution in [0.4, 0.5) is 17.1 Å². The Morgan fingerprint density at radius 1 is 1.30 bits per heavy atom. The van der Waals surface area contributed by atoms with Gasteiger partial charge in [0.25, 0.3) is 5.69 Å². The minimum Gasteiger partial charge on any atom is -0.497 e. The second-order valence-electron chi connectivity index (χ2n) is 6.01. The normalized spacial score (nSPS) is 16.3. The third-order valence-corrected chi connectivity index (χ3v) is 4.82. The van der Waals surface area contributed by atoms with E-state index in [9.17, 15) is 19.7 Å². The van der Waals surface area contributed by atoms with E-state index in [2.05, 4.69) is 21.2 Å². The van der Waals surface area contributed by atoms with Crippen molar-refractivity contribution in [3.05, 3.63) is 57.1 Å². The van der Waals surface area contributed by atoms with Crippen molar-refractivity contribution in [3.8, 4) is 5.75 Å². The Morgan fingerprint density at radius 2 is 2.00 bits per heavy atom. The summed E-state index contributed by atoms with van der Waals surface area (Å²) in [7, 11) is 1.43. The van der Waals surface area contributed by atoms with Gasteiger partial charge in [0, 0.05) is 35.3 Å². The molecule has 27 heavy (non-hydrogen) atoms. The van der Waals surface area contributed by atoms with E-state index in [-0.39, 0.29) is 30.2 Å². The smallest absolute Gasteiger partial charge is 0.293 e. The molecule has 0 bridgehead atoms. The summed E-state index contributed by atoms with van der Waals surface area (Å²) in [6.07, 6.45) is 0.0413. The molecule has 1 saturated heterocycles. The summed E-state index contributed by atoms with van der Waals surface area (Å²) in [6.45, 7) is 0.212. The molecule has 8 nitrogen and oxygen atoms in total. The molecule has 1 aliphatic rings. The molecule has 9 heteroatoms. The Bertz CT molecular complexity index is 900. The predicted octanol–water partition coefficient (Wildman–Crippen LogP) is 3.36. The molecule has 1 atom stereocenters. The molecule has 3 rings (SSSR count). The number of halogens is 1. The molecule has 1 N–H and O–H groups in total. The first-order chi connectivity index (χ1) is 12.9. The molecule has 1 aliphatic heterocycles. The number of carbonyl (C=O) groups excluding carboxylic acids is 2. The van der Waals surface area contributed by atoms with Gasteiger partial charge in [-0.3, -0.25) is 19.7 Å². The van der Waals surface area contributed by atoms with Crippen molar-refractivity contribution in [1.29, 1.82) is 0 Å². The lowest BCUT2D eigenvalue weighted by molar-refractivity contribution is -0.383. The van der Waals surface area contributed by atoms with Gasteiger partial charge in [-0.1, -0.05) is 15.9 Å². The Labute approximate surface area is 163 Å². The van der Waals surface area contributed by atoms with E-state index in [0.717, 1.165) is 4.47 Å². The van der Waals surface area contributed by atoms with Crippen LogP contribution in [0.2, 0.25) is 0 Å². The maximum atomic E-state index is 12.6. The van der Waals surface area contributed by atoms with E-state index in [1.165, 1.54) is 30.2 Å². The van der Waals surface area contributed by atoms with Gasteiger partial charge in [-0.25, -0.2) is 0 Å². The topological polar surface area (TPSA) is 102 Å². The number of hydrogen-bond acceptors (Lipinski definition) is 5. The number of methoxy groups -OCH3 is 1. The standard InChI is InChI=1S/C18H16BrN3O5/c1-27-14-6-7-16(22(25)26)15(9-14)20-18(24)11-8-17(23)21(10-11)13-4-2-12(19)3-5-13/h2-7,9,11H,8,10H2,1H3,(H,20,24)/t11-/m0/s1. The van der Waals surface area contributed by atoms with Crippen LogP contribution in [0.15, 0.2) is 46.9 Å². The number of hydrogen-bond donors (Lipinski definition) is 1. The van der Waals surface area contributed by atoms with Crippen molar-refractivity contribution in [3.63, 3.8) is 0 Å². The van der Waals surface area contributed by atoms with Gasteiger partial charge >= 0.3 is 0 Å². The fourth-order valence-corrected chi connectivity index (χ4v) is 3.15. The fraction of sp³-hybridized carbons (Fsp3) is 0.222. The van der Waals surface area contributed by atoms with Gasteiger partial charge < -0.3 is 15.0 Å². The lowest BCUT2D eigenvalue weighted by atomic mass is 10.1. The molecule has 1 fully saturated rings. The number of nitro benzene ring substituents is 1. The second kappa shape index (κ2) is 7.75. The van der Waals surface area contributed by atoms with Gasteiger partial charge in [-0.2, -0.15) is 0 Å². The van der Waals surface area contributed by atoms with Gasteiger partial charge in [0.05, 0.1) is 18.0 Å². The fourth-order valence-electron chi connectivity index (χ4n) is 2.89. The number of nitro groups is 1. The van der Waals surface area contributed by atoms with Crippen LogP contribution in [0.5, 0.6) is 5.75 Å². The zero-order valence-corrected chi connectivity index (χ0v) is 15.9. The van der Waals surface area contributed by atoms with E-state index in [0.29, 0.717) is 11.4 Å². The quantitative estimate of drug-likeness (QED) is 0.575. The molecule has 2 aromatic rings. The number of nitrogens with zero attached hydrogens (tertiary/aromatic N) is 2. The summed E-state index contributed by atoms with van der Waals surface area (Å²) < 4.78 is 5.94. The summed E-state index contributed by atoms with van der Waals surface area (Å²) in [4.78, 5) is 37.1. The maximum absolute atomic E-state index is 12.6. The third-order valence-electron chi connectivity index (χ3n) is 4.29. The van der Waals surface area contributed by atoms with Crippen LogP contribution < -0.4 is 15.0 Å². The number of ether oxygens (including phenoxy) is 1. The largest absolute Gasteiger partial charge is 0.497 e. The molecule has 0 unspecified atom stereocenters. The highest BCUT2D eigenvalue weighted by Gasteiger charge is 2.35. The highest BCUT2D eigenvalue weighted by Crippen LogP contribution is 2.31. The molecule has 0 spiro atoms. The number of carbonyl (C=O) groups is 2. The minimum absolute atomic E-state index is 0.0406. The number of nitrogens with one attached hydrogen (secondary N) is 1. The van der Waals surface area contributed by atoms with Crippen molar-refractivity contribution >= 4 is 44.8 Å². The lowest BCUT2D eigenvalue weighted by Gasteiger charge is -2.17. The van der Waals surface area contributed by atoms with Crippen LogP contribution in [-0.4, -0.2) is 30.4 Å². The number of benzene rings is 2. The van der Waals surface area contributed by atoms with Gasteiger partial charge in [-0.05, 0) is 30.3 Å². The first kappa shape index (κ1) is 18.8. The average molecular weight is 434 g/mol. The maximum Gasteiger partial charge on any atom is 0.293 e. The Balaban J connectivity index is 1.77. The van der Waals surface area contributed by atoms with Crippen LogP contribution in [-0.2, 0) is 9.59 Å². The average Bonchev–Trinajstić information content (AvgIpc) is 3.04. The molecule has 2 amide bonds. The molecular weight excluding hydrogens is 418 g/mol. The molecule has 2 aromatic carbocycles. The Morgan fingerprint density at radius 3 is 2.63 bits per heavy atom. The van der Waals surface area contributed by atoms with Gasteiger partial charge in [0.15, 0.2) is 0 Å². The summed E-state index contributed by atoms with van der Waals surface area (Å²) in [5.41, 5.74) is 0.503. The zero-order valence-electron chi connectivity index (χ0n) is 14.3. The van der Waals surface area contributed by atoms with Crippen molar-refractivity contribution in [2.45, 2.75) is 6.42 Å². The molecule has 1 heterocycles. The van der Waals surface area contributed by atoms with E-state index in [4.69, 9.17) is 4.74 Å². The molecule has 0 aliphatic carbocycles. The van der Waals surface area contributed by atoms with E-state index in [1.54, 1.807) is 12.1 Å². The van der Waals surface area contributed by atoms with Crippen molar-refractivity contribution in [2.75, 3.05) is 23.9 Å². The predicted molar refractivity (Wildman–Crippen MR) is 103 cm³/mol. The van der Waals surface area contributed by atoms with Gasteiger partial charge in [0.2, 0.25) is 11.8 Å². The van der Waals surface area contributed by atoms with E-state index < -0.39 is 16.7 Å². The zero-order chi connectivity index (χ0) is 19.6. The summed E-state index contributed by atoms with van der Waals surface area (Å²) in [6, 6.07) is 11.3. The number of anilines is 2. The van der Waals surface area contributed by atoms with Crippen LogP contribution >= 0.6 is 15.9 Å². The highest BCUT2D eigenvalue weighted by molar-refractivity contribution is 9.10. The first-order valence-corrected chi connectivity index (χ1v) is 8.87. The Kier molecular flexibility index (Phi) is 5.41. The van der Waals surface area contributed by atoms with Crippen molar-refractivity contribution in [1.82, 2.24) is 0 Å². The summed E-state index contributed by atoms with van der Waals surface area (Å²) in [5.74, 6) is -0.834. The van der Waals surface area contributed by atoms with E-state index in [1.807, 2.05) is 12.1 Å². The minimum atomic E-state index is -0.605. The number of rotatable bonds is 5. The number of amides is 2. The molecule has 140 valence electrons. The summed E-state index contributed by atoms with van der Waals surface area (Å²) in [5, 5.41) is 13.8. The molecular formula is C18H16BrN3O5. The van der Waals surface area contributed by atoms with Crippen molar-refractivity contribution < 1.29 is 19.2 Å². The third kappa shape index (κ3) is 4.08. The van der Waals surface area contributed by atoms with Gasteiger partial charge in [-0.15, -0.1) is 0 Å². The lowest BCUT2D eigenvalue weighted by Crippen LogP contribution is -2.28. The second-order valence-corrected chi connectivity index (χ2v) is 6.93. The molecule has 0 radical (unpaired) electrons. The van der Waals surface area contributed by atoms with Crippen LogP contribution in [0.3, 0.4) is 0 Å². The van der Waals surface area contributed by atoms with Crippen LogP contribution in [0.1, 0.15) is 6.42 Å². The summed E-state index contributed by atoms with van der Waals surface area (Å²) >= 11 is 3.34. The first-order valence-electron chi connectivity index (χ1n) is 8.08. The SMILES string of the molecule is COc1ccc([N+](=O)[O-])c(NC(=O)[C@H]2CC(=O)N(c3ccc(Br)cc3)C2)c1. The molecule has 0 aromatic heterocycles. The van der Waals surface area contributed by atoms with Crippen LogP contribution in [0, 0.1) is 16.0 Å². The van der Waals surface area contributed by atoms with Crippen molar-refractivity contribution in [2.24, 2.45) is 5.92 Å². The van der Waals surface area contributed by atoms with Gasteiger partial charge in [0.1, 0.15) is 11.4 Å².